The number of halogens is 1. The maximum absolute atomic E-state index is 13.3. The Hall–Kier alpha value is -2.88. The predicted molar refractivity (Wildman–Crippen MR) is 120 cm³/mol. The van der Waals surface area contributed by atoms with Gasteiger partial charge < -0.3 is 10.1 Å². The number of nitrogens with zero attached hydrogens (tertiary/aromatic N) is 2. The molecule has 2 N–H and O–H groups in total. The zero-order valence-electron chi connectivity index (χ0n) is 17.4. The SMILES string of the molecule is Cn1cc(S(=O)(=O)NCC(NC(=O)C2CCOc3ccc(Cl)cc32)c2ccccc2)cn1. The summed E-state index contributed by atoms with van der Waals surface area (Å²) in [5.41, 5.74) is 1.51. The Morgan fingerprint density at radius 3 is 2.78 bits per heavy atom. The number of ether oxygens (including phenoxy) is 1. The number of carbonyl (C=O) groups excluding carboxylic acids is 1. The zero-order chi connectivity index (χ0) is 22.7. The summed E-state index contributed by atoms with van der Waals surface area (Å²) in [5, 5.41) is 7.44. The summed E-state index contributed by atoms with van der Waals surface area (Å²) < 4.78 is 35.0. The number of aromatic nitrogens is 2. The molecule has 1 aliphatic rings. The van der Waals surface area contributed by atoms with E-state index in [1.165, 1.54) is 17.1 Å². The van der Waals surface area contributed by atoms with E-state index in [0.717, 1.165) is 11.1 Å². The van der Waals surface area contributed by atoms with E-state index in [1.54, 1.807) is 25.2 Å². The molecule has 4 rings (SSSR count). The van der Waals surface area contributed by atoms with E-state index in [2.05, 4.69) is 15.1 Å². The van der Waals surface area contributed by atoms with Crippen LogP contribution in [-0.2, 0) is 21.9 Å². The quantitative estimate of drug-likeness (QED) is 0.548. The van der Waals surface area contributed by atoms with E-state index < -0.39 is 22.0 Å². The molecule has 168 valence electrons. The van der Waals surface area contributed by atoms with Crippen molar-refractivity contribution in [2.24, 2.45) is 7.05 Å². The first-order valence-corrected chi connectivity index (χ1v) is 12.0. The third kappa shape index (κ3) is 4.95. The van der Waals surface area contributed by atoms with E-state index in [1.807, 2.05) is 30.3 Å². The number of sulfonamides is 1. The molecule has 0 saturated heterocycles. The summed E-state index contributed by atoms with van der Waals surface area (Å²) >= 11 is 6.14. The third-order valence-corrected chi connectivity index (χ3v) is 6.93. The Kier molecular flexibility index (Phi) is 6.50. The number of fused-ring (bicyclic) bond motifs is 1. The average Bonchev–Trinajstić information content (AvgIpc) is 3.24. The van der Waals surface area contributed by atoms with Crippen molar-refractivity contribution in [3.8, 4) is 5.75 Å². The fourth-order valence-electron chi connectivity index (χ4n) is 3.66. The molecule has 3 aromatic rings. The normalized spacial score (nSPS) is 16.6. The van der Waals surface area contributed by atoms with Crippen LogP contribution in [0.25, 0.3) is 0 Å². The summed E-state index contributed by atoms with van der Waals surface area (Å²) in [6.45, 7) is 0.398. The molecule has 0 aliphatic carbocycles. The summed E-state index contributed by atoms with van der Waals surface area (Å²) in [6.07, 6.45) is 3.20. The van der Waals surface area contributed by atoms with Crippen molar-refractivity contribution in [1.82, 2.24) is 19.8 Å². The Morgan fingerprint density at radius 2 is 2.06 bits per heavy atom. The lowest BCUT2D eigenvalue weighted by Gasteiger charge is -2.28. The van der Waals surface area contributed by atoms with Gasteiger partial charge in [0.1, 0.15) is 10.6 Å². The smallest absolute Gasteiger partial charge is 0.243 e. The molecule has 0 spiro atoms. The van der Waals surface area contributed by atoms with Crippen LogP contribution in [0, 0.1) is 0 Å². The number of aryl methyl sites for hydroxylation is 1. The highest BCUT2D eigenvalue weighted by atomic mass is 35.5. The minimum absolute atomic E-state index is 0.0153. The van der Waals surface area contributed by atoms with Gasteiger partial charge in [0.05, 0.1) is 24.8 Å². The van der Waals surface area contributed by atoms with Crippen LogP contribution in [0.1, 0.15) is 29.5 Å². The van der Waals surface area contributed by atoms with Crippen LogP contribution in [0.15, 0.2) is 65.8 Å². The van der Waals surface area contributed by atoms with Crippen molar-refractivity contribution >= 4 is 27.5 Å². The Morgan fingerprint density at radius 1 is 1.28 bits per heavy atom. The van der Waals surface area contributed by atoms with E-state index in [-0.39, 0.29) is 17.3 Å². The zero-order valence-corrected chi connectivity index (χ0v) is 18.9. The van der Waals surface area contributed by atoms with Gasteiger partial charge in [0.25, 0.3) is 0 Å². The number of hydrogen-bond donors (Lipinski definition) is 2. The van der Waals surface area contributed by atoms with Gasteiger partial charge in [-0.25, -0.2) is 13.1 Å². The predicted octanol–water partition coefficient (Wildman–Crippen LogP) is 2.78. The van der Waals surface area contributed by atoms with Crippen LogP contribution in [-0.4, -0.2) is 37.3 Å². The van der Waals surface area contributed by atoms with Gasteiger partial charge in [-0.05, 0) is 30.2 Å². The lowest BCUT2D eigenvalue weighted by Crippen LogP contribution is -2.40. The molecule has 1 aliphatic heterocycles. The Labute approximate surface area is 191 Å². The van der Waals surface area contributed by atoms with Gasteiger partial charge in [-0.15, -0.1) is 0 Å². The van der Waals surface area contributed by atoms with Crippen molar-refractivity contribution in [1.29, 1.82) is 0 Å². The fourth-order valence-corrected chi connectivity index (χ4v) is 4.87. The van der Waals surface area contributed by atoms with E-state index in [0.29, 0.717) is 23.8 Å². The minimum Gasteiger partial charge on any atom is -0.493 e. The van der Waals surface area contributed by atoms with Gasteiger partial charge in [-0.2, -0.15) is 5.10 Å². The molecule has 10 heteroatoms. The van der Waals surface area contributed by atoms with Gasteiger partial charge >= 0.3 is 0 Å². The minimum atomic E-state index is -3.78. The molecule has 2 aromatic carbocycles. The number of carbonyl (C=O) groups is 1. The van der Waals surface area contributed by atoms with Gasteiger partial charge in [0.15, 0.2) is 0 Å². The highest BCUT2D eigenvalue weighted by Gasteiger charge is 2.30. The monoisotopic (exact) mass is 474 g/mol. The van der Waals surface area contributed by atoms with Crippen molar-refractivity contribution in [3.05, 3.63) is 77.1 Å². The van der Waals surface area contributed by atoms with Crippen LogP contribution >= 0.6 is 11.6 Å². The number of nitrogens with one attached hydrogen (secondary N) is 2. The second kappa shape index (κ2) is 9.32. The number of hydrogen-bond acceptors (Lipinski definition) is 5. The van der Waals surface area contributed by atoms with E-state index in [9.17, 15) is 13.2 Å². The number of benzene rings is 2. The van der Waals surface area contributed by atoms with Crippen LogP contribution < -0.4 is 14.8 Å². The lowest BCUT2D eigenvalue weighted by atomic mass is 9.91. The van der Waals surface area contributed by atoms with Crippen LogP contribution in [0.4, 0.5) is 0 Å². The van der Waals surface area contributed by atoms with Crippen LogP contribution in [0.5, 0.6) is 5.75 Å². The van der Waals surface area contributed by atoms with Gasteiger partial charge in [-0.3, -0.25) is 9.48 Å². The standard InChI is InChI=1S/C22H23ClN4O4S/c1-27-14-17(12-24-27)32(29,30)25-13-20(15-5-3-2-4-6-15)26-22(28)18-9-10-31-21-8-7-16(23)11-19(18)21/h2-8,11-12,14,18,20,25H,9-10,13H2,1H3,(H,26,28). The van der Waals surface area contributed by atoms with Crippen molar-refractivity contribution in [3.63, 3.8) is 0 Å². The number of amides is 1. The second-order valence-corrected chi connectivity index (χ2v) is 9.75. The summed E-state index contributed by atoms with van der Waals surface area (Å²) in [7, 11) is -2.14. The molecule has 1 aromatic heterocycles. The van der Waals surface area contributed by atoms with Gasteiger partial charge in [-0.1, -0.05) is 41.9 Å². The summed E-state index contributed by atoms with van der Waals surface area (Å²) in [6, 6.07) is 13.9. The van der Waals surface area contributed by atoms with Crippen LogP contribution in [0.3, 0.4) is 0 Å². The average molecular weight is 475 g/mol. The van der Waals surface area contributed by atoms with E-state index in [4.69, 9.17) is 16.3 Å². The molecule has 8 nitrogen and oxygen atoms in total. The lowest BCUT2D eigenvalue weighted by molar-refractivity contribution is -0.123. The third-order valence-electron chi connectivity index (χ3n) is 5.32. The second-order valence-electron chi connectivity index (χ2n) is 7.55. The fraction of sp³-hybridized carbons (Fsp3) is 0.273. The Balaban J connectivity index is 1.55. The molecule has 0 fully saturated rings. The first-order chi connectivity index (χ1) is 15.3. The van der Waals surface area contributed by atoms with Gasteiger partial charge in [0.2, 0.25) is 15.9 Å². The van der Waals surface area contributed by atoms with Crippen molar-refractivity contribution < 1.29 is 17.9 Å². The summed E-state index contributed by atoms with van der Waals surface area (Å²) in [5.74, 6) is -0.0285. The maximum Gasteiger partial charge on any atom is 0.243 e. The molecule has 32 heavy (non-hydrogen) atoms. The summed E-state index contributed by atoms with van der Waals surface area (Å²) in [4.78, 5) is 13.3. The highest BCUT2D eigenvalue weighted by Crippen LogP contribution is 2.36. The highest BCUT2D eigenvalue weighted by molar-refractivity contribution is 7.89. The van der Waals surface area contributed by atoms with E-state index >= 15 is 0 Å². The van der Waals surface area contributed by atoms with Crippen LogP contribution in [0.2, 0.25) is 5.02 Å². The van der Waals surface area contributed by atoms with Gasteiger partial charge in [0, 0.05) is 30.4 Å². The molecule has 2 heterocycles. The van der Waals surface area contributed by atoms with Crippen molar-refractivity contribution in [2.45, 2.75) is 23.3 Å². The first-order valence-electron chi connectivity index (χ1n) is 10.1. The molecule has 0 saturated carbocycles. The number of rotatable bonds is 7. The molecule has 0 bridgehead atoms. The molecule has 2 atom stereocenters. The molecular formula is C22H23ClN4O4S. The first kappa shape index (κ1) is 22.3. The molecular weight excluding hydrogens is 452 g/mol. The van der Waals surface area contributed by atoms with Crippen molar-refractivity contribution in [2.75, 3.05) is 13.2 Å². The molecule has 1 amide bonds. The Bertz CT molecular complexity index is 1210. The maximum atomic E-state index is 13.3. The topological polar surface area (TPSA) is 102 Å². The largest absolute Gasteiger partial charge is 0.493 e. The molecule has 0 radical (unpaired) electrons. The molecule has 2 unspecified atom stereocenters.